The molecular weight excluding hydrogens is 430 g/mol. The molecule has 0 saturated carbocycles. The van der Waals surface area contributed by atoms with Gasteiger partial charge in [-0.05, 0) is 22.8 Å². The quantitative estimate of drug-likeness (QED) is 0.433. The molecule has 1 aliphatic heterocycles. The zero-order valence-electron chi connectivity index (χ0n) is 18.9. The Balaban J connectivity index is 1.32. The predicted molar refractivity (Wildman–Crippen MR) is 129 cm³/mol. The Morgan fingerprint density at radius 3 is 1.91 bits per heavy atom. The van der Waals surface area contributed by atoms with E-state index in [2.05, 4.69) is 5.32 Å². The van der Waals surface area contributed by atoms with Gasteiger partial charge in [-0.3, -0.25) is 5.32 Å². The van der Waals surface area contributed by atoms with Crippen LogP contribution in [0.1, 0.15) is 16.7 Å². The van der Waals surface area contributed by atoms with E-state index in [0.717, 1.165) is 16.7 Å². The third-order valence-corrected chi connectivity index (χ3v) is 5.32. The summed E-state index contributed by atoms with van der Waals surface area (Å²) in [5.41, 5.74) is 3.07. The van der Waals surface area contributed by atoms with Gasteiger partial charge in [0.1, 0.15) is 18.8 Å². The minimum absolute atomic E-state index is 0.190. The highest BCUT2D eigenvalue weighted by Gasteiger charge is 2.29. The molecule has 3 atom stereocenters. The smallest absolute Gasteiger partial charge is 0.409 e. The molecule has 1 amide bonds. The lowest BCUT2D eigenvalue weighted by molar-refractivity contribution is -0.123. The normalized spacial score (nSPS) is 19.5. The van der Waals surface area contributed by atoms with Crippen molar-refractivity contribution in [2.75, 3.05) is 6.61 Å². The second-order valence-electron chi connectivity index (χ2n) is 7.95. The minimum Gasteiger partial charge on any atom is -0.445 e. The van der Waals surface area contributed by atoms with Crippen LogP contribution in [-0.2, 0) is 38.8 Å². The van der Waals surface area contributed by atoms with Crippen LogP contribution >= 0.6 is 0 Å². The largest absolute Gasteiger partial charge is 0.445 e. The summed E-state index contributed by atoms with van der Waals surface area (Å²) in [6.07, 6.45) is 1.79. The van der Waals surface area contributed by atoms with Crippen LogP contribution in [0.15, 0.2) is 103 Å². The number of alkyl carbamates (subject to hydrolysis) is 1. The third-order valence-electron chi connectivity index (χ3n) is 5.32. The van der Waals surface area contributed by atoms with Crippen LogP contribution in [0, 0.1) is 0 Å². The summed E-state index contributed by atoms with van der Waals surface area (Å²) >= 11 is 0. The molecular formula is C28H29NO5. The number of nitrogens with one attached hydrogen (secondary N) is 1. The lowest BCUT2D eigenvalue weighted by atomic mass is 10.1. The van der Waals surface area contributed by atoms with Gasteiger partial charge in [0.25, 0.3) is 0 Å². The number of carbonyl (C=O) groups excluding carboxylic acids is 1. The maximum atomic E-state index is 12.3. The summed E-state index contributed by atoms with van der Waals surface area (Å²) in [4.78, 5) is 12.3. The standard InChI is InChI=1S/C28H29NO5/c30-28(33-20-24-14-8-3-9-15-24)29-27-17-16-25(32-19-23-12-6-2-7-13-23)26(34-27)21-31-18-22-10-4-1-5-11-22/h1-17,25-27H,18-21H2,(H,29,30)/t25-,26+,27?/m0/s1. The van der Waals surface area contributed by atoms with Crippen LogP contribution in [0.2, 0.25) is 0 Å². The zero-order valence-corrected chi connectivity index (χ0v) is 18.9. The highest BCUT2D eigenvalue weighted by molar-refractivity contribution is 5.67. The summed E-state index contributed by atoms with van der Waals surface area (Å²) in [7, 11) is 0. The second kappa shape index (κ2) is 12.7. The van der Waals surface area contributed by atoms with E-state index in [1.165, 1.54) is 0 Å². The number of ether oxygens (including phenoxy) is 4. The lowest BCUT2D eigenvalue weighted by Crippen LogP contribution is -2.46. The number of hydrogen-bond donors (Lipinski definition) is 1. The van der Waals surface area contributed by atoms with E-state index in [0.29, 0.717) is 19.8 Å². The number of rotatable bonds is 10. The van der Waals surface area contributed by atoms with Crippen LogP contribution in [0.25, 0.3) is 0 Å². The van der Waals surface area contributed by atoms with Gasteiger partial charge in [-0.2, -0.15) is 0 Å². The van der Waals surface area contributed by atoms with Crippen molar-refractivity contribution in [2.45, 2.75) is 38.3 Å². The highest BCUT2D eigenvalue weighted by atomic mass is 16.6. The van der Waals surface area contributed by atoms with E-state index in [1.807, 2.05) is 97.1 Å². The Bertz CT molecular complexity index is 1030. The highest BCUT2D eigenvalue weighted by Crippen LogP contribution is 2.18. The fourth-order valence-corrected chi connectivity index (χ4v) is 3.54. The van der Waals surface area contributed by atoms with Crippen LogP contribution in [0.3, 0.4) is 0 Å². The van der Waals surface area contributed by atoms with Crippen molar-refractivity contribution in [3.63, 3.8) is 0 Å². The van der Waals surface area contributed by atoms with Gasteiger partial charge in [0.2, 0.25) is 0 Å². The van der Waals surface area contributed by atoms with E-state index in [4.69, 9.17) is 18.9 Å². The van der Waals surface area contributed by atoms with Crippen molar-refractivity contribution in [1.82, 2.24) is 5.32 Å². The van der Waals surface area contributed by atoms with Gasteiger partial charge < -0.3 is 18.9 Å². The Morgan fingerprint density at radius 1 is 0.735 bits per heavy atom. The monoisotopic (exact) mass is 459 g/mol. The van der Waals surface area contributed by atoms with Gasteiger partial charge in [-0.15, -0.1) is 0 Å². The fraction of sp³-hybridized carbons (Fsp3) is 0.250. The number of carbonyl (C=O) groups is 1. The predicted octanol–water partition coefficient (Wildman–Crippen LogP) is 5.00. The van der Waals surface area contributed by atoms with Crippen molar-refractivity contribution in [1.29, 1.82) is 0 Å². The molecule has 1 unspecified atom stereocenters. The van der Waals surface area contributed by atoms with Crippen molar-refractivity contribution in [2.24, 2.45) is 0 Å². The first-order chi connectivity index (χ1) is 16.8. The number of amides is 1. The first-order valence-electron chi connectivity index (χ1n) is 11.3. The van der Waals surface area contributed by atoms with Crippen LogP contribution in [0.4, 0.5) is 4.79 Å². The van der Waals surface area contributed by atoms with E-state index >= 15 is 0 Å². The van der Waals surface area contributed by atoms with Crippen molar-refractivity contribution >= 4 is 6.09 Å². The molecule has 0 bridgehead atoms. The molecule has 1 N–H and O–H groups in total. The number of benzene rings is 3. The zero-order chi connectivity index (χ0) is 23.4. The van der Waals surface area contributed by atoms with Gasteiger partial charge in [0.05, 0.1) is 19.8 Å². The molecule has 0 radical (unpaired) electrons. The Morgan fingerprint density at radius 2 is 1.29 bits per heavy atom. The first-order valence-corrected chi connectivity index (χ1v) is 11.3. The Kier molecular flexibility index (Phi) is 8.85. The van der Waals surface area contributed by atoms with Gasteiger partial charge in [-0.25, -0.2) is 4.79 Å². The molecule has 34 heavy (non-hydrogen) atoms. The number of hydrogen-bond acceptors (Lipinski definition) is 5. The van der Waals surface area contributed by atoms with Crippen LogP contribution < -0.4 is 5.32 Å². The summed E-state index contributed by atoms with van der Waals surface area (Å²) in [5.74, 6) is 0. The van der Waals surface area contributed by atoms with Crippen molar-refractivity contribution in [3.8, 4) is 0 Å². The molecule has 3 aromatic carbocycles. The maximum absolute atomic E-state index is 12.3. The first kappa shape index (κ1) is 23.7. The molecule has 3 aromatic rings. The van der Waals surface area contributed by atoms with E-state index in [9.17, 15) is 4.79 Å². The molecule has 1 heterocycles. The molecule has 0 saturated heterocycles. The summed E-state index contributed by atoms with van der Waals surface area (Å²) in [6, 6.07) is 29.4. The molecule has 0 fully saturated rings. The van der Waals surface area contributed by atoms with Crippen LogP contribution in [-0.4, -0.2) is 31.1 Å². The van der Waals surface area contributed by atoms with E-state index in [1.54, 1.807) is 6.08 Å². The molecule has 0 aliphatic carbocycles. The molecule has 1 aliphatic rings. The summed E-state index contributed by atoms with van der Waals surface area (Å²) in [5, 5.41) is 2.74. The fourth-order valence-electron chi connectivity index (χ4n) is 3.54. The second-order valence-corrected chi connectivity index (χ2v) is 7.95. The topological polar surface area (TPSA) is 66.0 Å². The SMILES string of the molecule is O=C(NC1C=C[C@H](OCc2ccccc2)[C@@H](COCc2ccccc2)O1)OCc1ccccc1. The van der Waals surface area contributed by atoms with Gasteiger partial charge in [-0.1, -0.05) is 97.1 Å². The van der Waals surface area contributed by atoms with Crippen LogP contribution in [0.5, 0.6) is 0 Å². The molecule has 0 aromatic heterocycles. The van der Waals surface area contributed by atoms with Crippen molar-refractivity contribution in [3.05, 3.63) is 120 Å². The van der Waals surface area contributed by atoms with E-state index in [-0.39, 0.29) is 12.7 Å². The molecule has 176 valence electrons. The summed E-state index contributed by atoms with van der Waals surface area (Å²) < 4.78 is 23.4. The Hall–Kier alpha value is -3.45. The third kappa shape index (κ3) is 7.56. The molecule has 6 heteroatoms. The summed E-state index contributed by atoms with van der Waals surface area (Å²) in [6.45, 7) is 1.42. The van der Waals surface area contributed by atoms with E-state index < -0.39 is 18.4 Å². The lowest BCUT2D eigenvalue weighted by Gasteiger charge is -2.32. The average molecular weight is 460 g/mol. The van der Waals surface area contributed by atoms with Gasteiger partial charge in [0, 0.05) is 0 Å². The Labute approximate surface area is 200 Å². The van der Waals surface area contributed by atoms with Gasteiger partial charge in [0.15, 0.2) is 6.23 Å². The molecule has 4 rings (SSSR count). The maximum Gasteiger partial charge on any atom is 0.409 e. The molecule has 0 spiro atoms. The van der Waals surface area contributed by atoms with Gasteiger partial charge >= 0.3 is 6.09 Å². The minimum atomic E-state index is -0.634. The van der Waals surface area contributed by atoms with Crippen molar-refractivity contribution < 1.29 is 23.7 Å². The molecule has 6 nitrogen and oxygen atoms in total. The average Bonchev–Trinajstić information content (AvgIpc) is 2.89.